The van der Waals surface area contributed by atoms with Crippen LogP contribution in [0.1, 0.15) is 114 Å². The summed E-state index contributed by atoms with van der Waals surface area (Å²) in [5.74, 6) is 0.380. The molecule has 3 aromatic rings. The molecule has 205 valence electrons. The van der Waals surface area contributed by atoms with Crippen LogP contribution in [-0.2, 0) is 10.8 Å². The normalized spacial score (nSPS) is 11.4. The van der Waals surface area contributed by atoms with Crippen LogP contribution in [0.15, 0.2) is 66.7 Å². The number of carbonyl (C=O) groups excluding carboxylic acids is 1. The van der Waals surface area contributed by atoms with Crippen molar-refractivity contribution < 1.29 is 14.6 Å². The number of aromatic hydroxyl groups is 1. The zero-order chi connectivity index (χ0) is 28.2. The summed E-state index contributed by atoms with van der Waals surface area (Å²) >= 11 is 0. The lowest BCUT2D eigenvalue weighted by atomic mass is 9.81. The molecule has 0 aliphatic carbocycles. The molecule has 1 N–H and O–H groups in total. The molecule has 0 saturated heterocycles. The maximum atomic E-state index is 12.4. The molecule has 38 heavy (non-hydrogen) atoms. The van der Waals surface area contributed by atoms with Crippen LogP contribution in [0.25, 0.3) is 0 Å². The molecule has 3 nitrogen and oxygen atoms in total. The number of hydrogen-bond donors (Lipinski definition) is 1. The summed E-state index contributed by atoms with van der Waals surface area (Å²) < 4.78 is 5.66. The number of unbranched alkanes of at least 4 members (excludes halogenated alkanes) is 5. The van der Waals surface area contributed by atoms with Crippen LogP contribution < -0.4 is 4.74 Å². The number of ether oxygens (including phenoxy) is 1. The molecule has 0 unspecified atom stereocenters. The van der Waals surface area contributed by atoms with Crippen molar-refractivity contribution in [2.75, 3.05) is 6.61 Å². The van der Waals surface area contributed by atoms with Gasteiger partial charge in [-0.2, -0.15) is 0 Å². The molecule has 0 aliphatic rings. The van der Waals surface area contributed by atoms with E-state index in [2.05, 4.69) is 72.7 Å². The zero-order valence-electron chi connectivity index (χ0n) is 24.6. The van der Waals surface area contributed by atoms with Gasteiger partial charge in [0.05, 0.1) is 12.2 Å². The average molecular weight is 516 g/mol. The van der Waals surface area contributed by atoms with E-state index in [9.17, 15) is 9.90 Å². The number of hydrogen-bond acceptors (Lipinski definition) is 3. The molecule has 0 fully saturated rings. The molecule has 0 amide bonds. The Morgan fingerprint density at radius 3 is 1.89 bits per heavy atom. The van der Waals surface area contributed by atoms with Crippen LogP contribution in [0.5, 0.6) is 11.5 Å². The Hall–Kier alpha value is -3.07. The summed E-state index contributed by atoms with van der Waals surface area (Å²) in [4.78, 5) is 12.4. The molecular formula is C35H47O3. The van der Waals surface area contributed by atoms with Gasteiger partial charge in [0, 0.05) is 11.6 Å². The first-order valence-corrected chi connectivity index (χ1v) is 14.0. The van der Waals surface area contributed by atoms with Crippen molar-refractivity contribution in [3.63, 3.8) is 0 Å². The fourth-order valence-corrected chi connectivity index (χ4v) is 3.95. The van der Waals surface area contributed by atoms with E-state index in [1.54, 1.807) is 24.3 Å². The molecule has 3 heteroatoms. The van der Waals surface area contributed by atoms with Crippen molar-refractivity contribution >= 4 is 5.78 Å². The molecule has 0 atom stereocenters. The highest BCUT2D eigenvalue weighted by Gasteiger charge is 2.19. The topological polar surface area (TPSA) is 46.5 Å². The van der Waals surface area contributed by atoms with Gasteiger partial charge >= 0.3 is 0 Å². The van der Waals surface area contributed by atoms with Crippen LogP contribution in [0, 0.1) is 6.07 Å². The summed E-state index contributed by atoms with van der Waals surface area (Å²) in [5.41, 5.74) is 3.85. The highest BCUT2D eigenvalue weighted by molar-refractivity contribution is 6.10. The van der Waals surface area contributed by atoms with E-state index in [0.717, 1.165) is 12.8 Å². The highest BCUT2D eigenvalue weighted by atomic mass is 16.5. The number of benzene rings is 3. The first kappa shape index (κ1) is 31.1. The van der Waals surface area contributed by atoms with Crippen LogP contribution in [0.2, 0.25) is 0 Å². The maximum Gasteiger partial charge on any atom is 0.196 e. The summed E-state index contributed by atoms with van der Waals surface area (Å²) in [6, 6.07) is 23.8. The summed E-state index contributed by atoms with van der Waals surface area (Å²) in [7, 11) is 0. The quantitative estimate of drug-likeness (QED) is 0.216. The first-order chi connectivity index (χ1) is 17.9. The molecule has 0 spiro atoms. The molecule has 0 heterocycles. The predicted octanol–water partition coefficient (Wildman–Crippen LogP) is 9.44. The molecule has 1 radical (unpaired) electrons. The van der Waals surface area contributed by atoms with Gasteiger partial charge in [-0.1, -0.05) is 129 Å². The molecule has 3 rings (SSSR count). The average Bonchev–Trinajstić information content (AvgIpc) is 2.88. The van der Waals surface area contributed by atoms with Gasteiger partial charge in [0.15, 0.2) is 5.78 Å². The standard InChI is InChI=1S/C21H26O3.C14H21/c1-2-3-4-5-6-10-15-24-18-13-14-19(20(22)16-18)21(23)17-11-8-7-9-12-17;1-13(2,3)11-8-7-9-12(10-11)14(4,5)6/h7-9,11-14,16,22H,2-6,10,15H2,1H3;7-9H,1-6H3. The lowest BCUT2D eigenvalue weighted by molar-refractivity contribution is 0.103. The largest absolute Gasteiger partial charge is 0.507 e. The van der Waals surface area contributed by atoms with Gasteiger partial charge in [-0.15, -0.1) is 0 Å². The Kier molecular flexibility index (Phi) is 12.1. The maximum absolute atomic E-state index is 12.4. The van der Waals surface area contributed by atoms with Crippen LogP contribution in [-0.4, -0.2) is 17.5 Å². The fourth-order valence-electron chi connectivity index (χ4n) is 3.95. The molecule has 0 bridgehead atoms. The van der Waals surface area contributed by atoms with Gasteiger partial charge in [-0.3, -0.25) is 4.79 Å². The van der Waals surface area contributed by atoms with Gasteiger partial charge in [-0.25, -0.2) is 0 Å². The Bertz CT molecular complexity index is 1090. The Morgan fingerprint density at radius 2 is 1.34 bits per heavy atom. The SMILES string of the molecule is CC(C)(C)c1[c]c(C(C)(C)C)ccc1.CCCCCCCCOc1ccc(C(=O)c2ccccc2)c(O)c1. The van der Waals surface area contributed by atoms with Crippen molar-refractivity contribution in [3.05, 3.63) is 95.1 Å². The van der Waals surface area contributed by atoms with Gasteiger partial charge in [-0.05, 0) is 46.6 Å². The third-order valence-electron chi connectivity index (χ3n) is 6.43. The molecule has 0 aromatic heterocycles. The third kappa shape index (κ3) is 10.4. The van der Waals surface area contributed by atoms with Gasteiger partial charge in [0.2, 0.25) is 0 Å². The second-order valence-corrected chi connectivity index (χ2v) is 12.0. The molecule has 3 aromatic carbocycles. The number of ketones is 1. The summed E-state index contributed by atoms with van der Waals surface area (Å²) in [6.07, 6.45) is 7.25. The van der Waals surface area contributed by atoms with Crippen molar-refractivity contribution in [1.29, 1.82) is 0 Å². The highest BCUT2D eigenvalue weighted by Crippen LogP contribution is 2.28. The minimum absolute atomic E-state index is 0.0377. The number of carbonyl (C=O) groups is 1. The van der Waals surface area contributed by atoms with E-state index in [0.29, 0.717) is 23.5 Å². The number of phenols is 1. The van der Waals surface area contributed by atoms with Crippen molar-refractivity contribution in [2.24, 2.45) is 0 Å². The summed E-state index contributed by atoms with van der Waals surface area (Å²) in [5, 5.41) is 10.1. The van der Waals surface area contributed by atoms with Crippen molar-refractivity contribution in [1.82, 2.24) is 0 Å². The smallest absolute Gasteiger partial charge is 0.196 e. The van der Waals surface area contributed by atoms with Gasteiger partial charge in [0.1, 0.15) is 11.5 Å². The van der Waals surface area contributed by atoms with E-state index in [1.807, 2.05) is 18.2 Å². The van der Waals surface area contributed by atoms with Gasteiger partial charge in [0.25, 0.3) is 0 Å². The molecule has 0 saturated carbocycles. The predicted molar refractivity (Wildman–Crippen MR) is 160 cm³/mol. The lowest BCUT2D eigenvalue weighted by Crippen LogP contribution is -2.16. The monoisotopic (exact) mass is 515 g/mol. The molecule has 0 aliphatic heterocycles. The minimum atomic E-state index is -0.185. The van der Waals surface area contributed by atoms with Crippen LogP contribution in [0.4, 0.5) is 0 Å². The van der Waals surface area contributed by atoms with E-state index in [-0.39, 0.29) is 22.4 Å². The number of rotatable bonds is 10. The van der Waals surface area contributed by atoms with Crippen molar-refractivity contribution in [3.8, 4) is 11.5 Å². The lowest BCUT2D eigenvalue weighted by Gasteiger charge is -2.24. The van der Waals surface area contributed by atoms with Crippen LogP contribution in [0.3, 0.4) is 0 Å². The zero-order valence-corrected chi connectivity index (χ0v) is 24.6. The van der Waals surface area contributed by atoms with E-state index in [1.165, 1.54) is 42.9 Å². The summed E-state index contributed by atoms with van der Waals surface area (Å²) in [6.45, 7) is 16.2. The number of phenolic OH excluding ortho intramolecular Hbond substituents is 1. The fraction of sp³-hybridized carbons (Fsp3) is 0.457. The first-order valence-electron chi connectivity index (χ1n) is 14.0. The second kappa shape index (κ2) is 14.8. The van der Waals surface area contributed by atoms with E-state index < -0.39 is 0 Å². The van der Waals surface area contributed by atoms with Crippen LogP contribution >= 0.6 is 0 Å². The minimum Gasteiger partial charge on any atom is -0.507 e. The Labute approximate surface area is 231 Å². The van der Waals surface area contributed by atoms with Crippen molar-refractivity contribution in [2.45, 2.75) is 97.8 Å². The second-order valence-electron chi connectivity index (χ2n) is 12.0. The Balaban J connectivity index is 0.000000308. The molecular weight excluding hydrogens is 468 g/mol. The third-order valence-corrected chi connectivity index (χ3v) is 6.43. The van der Waals surface area contributed by atoms with E-state index in [4.69, 9.17) is 4.74 Å². The van der Waals surface area contributed by atoms with Gasteiger partial charge < -0.3 is 9.84 Å². The van der Waals surface area contributed by atoms with E-state index >= 15 is 0 Å². The Morgan fingerprint density at radius 1 is 0.763 bits per heavy atom.